The van der Waals surface area contributed by atoms with E-state index in [1.54, 1.807) is 31.8 Å². The Morgan fingerprint density at radius 3 is 2.57 bits per heavy atom. The third-order valence-electron chi connectivity index (χ3n) is 8.31. The van der Waals surface area contributed by atoms with Crippen LogP contribution in [0.2, 0.25) is 5.15 Å². The van der Waals surface area contributed by atoms with Crippen LogP contribution in [-0.2, 0) is 14.2 Å². The van der Waals surface area contributed by atoms with Crippen LogP contribution in [0.3, 0.4) is 0 Å². The van der Waals surface area contributed by atoms with Crippen LogP contribution < -0.4 is 11.1 Å². The highest BCUT2D eigenvalue weighted by atomic mass is 79.9. The van der Waals surface area contributed by atoms with E-state index < -0.39 is 11.5 Å². The maximum atomic E-state index is 14.1. The van der Waals surface area contributed by atoms with Gasteiger partial charge in [-0.05, 0) is 72.5 Å². The second kappa shape index (κ2) is 14.8. The highest BCUT2D eigenvalue weighted by molar-refractivity contribution is 9.10. The Morgan fingerprint density at radius 1 is 1.33 bits per heavy atom. The third kappa shape index (κ3) is 8.00. The van der Waals surface area contributed by atoms with E-state index in [9.17, 15) is 4.79 Å². The topological polar surface area (TPSA) is 117 Å². The lowest BCUT2D eigenvalue weighted by Gasteiger charge is -2.38. The van der Waals surface area contributed by atoms with Gasteiger partial charge >= 0.3 is 0 Å². The van der Waals surface area contributed by atoms with Crippen molar-refractivity contribution in [3.8, 4) is 0 Å². The summed E-state index contributed by atoms with van der Waals surface area (Å²) in [5, 5.41) is 7.70. The van der Waals surface area contributed by atoms with Crippen molar-refractivity contribution in [2.24, 2.45) is 17.6 Å². The number of ether oxygens (including phenoxy) is 3. The van der Waals surface area contributed by atoms with E-state index in [2.05, 4.69) is 36.2 Å². The van der Waals surface area contributed by atoms with Crippen LogP contribution in [0.25, 0.3) is 5.82 Å². The molecule has 3 aliphatic rings. The molecule has 42 heavy (non-hydrogen) atoms. The molecule has 230 valence electrons. The van der Waals surface area contributed by atoms with Crippen LogP contribution in [0.4, 0.5) is 0 Å². The second-order valence-corrected chi connectivity index (χ2v) is 13.8. The molecule has 3 unspecified atom stereocenters. The van der Waals surface area contributed by atoms with E-state index in [4.69, 9.17) is 31.5 Å². The molecule has 0 bridgehead atoms. The predicted octanol–water partition coefficient (Wildman–Crippen LogP) is 4.98. The molecule has 3 heterocycles. The van der Waals surface area contributed by atoms with Gasteiger partial charge in [0.2, 0.25) is 0 Å². The van der Waals surface area contributed by atoms with E-state index >= 15 is 0 Å². The zero-order valence-electron chi connectivity index (χ0n) is 24.1. The molecule has 0 aromatic carbocycles. The van der Waals surface area contributed by atoms with Crippen molar-refractivity contribution in [3.05, 3.63) is 46.0 Å². The normalized spacial score (nSPS) is 22.5. The summed E-state index contributed by atoms with van der Waals surface area (Å²) >= 11 is 10.9. The standard InChI is InChI=1S/C29H40BrClN6O4S/c1-18-23(17-40-18)41-29(22(39-2)13-33-14-26(32)37-10-9-25(31)35-37)42-24-11-21(30)12-34-27(24)28(38)36(15-19-5-3-6-19)16-20-7-4-8-20/h9-12,14,18-20,22-23,29,33H,3-8,13,15-17,32H2,1-2H3/b26-14+/t18?,22-,23?,29?/m0/s1. The van der Waals surface area contributed by atoms with Crippen LogP contribution in [0.15, 0.2) is 40.1 Å². The fraction of sp³-hybridized carbons (Fsp3) is 0.621. The molecule has 0 spiro atoms. The minimum absolute atomic E-state index is 0.0106. The Morgan fingerprint density at radius 2 is 2.05 bits per heavy atom. The number of nitrogens with two attached hydrogens (primary N) is 1. The van der Waals surface area contributed by atoms with Crippen LogP contribution in [-0.4, -0.2) is 82.7 Å². The number of hydrogen-bond acceptors (Lipinski definition) is 9. The SMILES string of the molecule is CO[C@@H](CN/C=C(\N)n1ccc(Cl)n1)C(OC1COC1C)Sc1cc(Br)cnc1C(=O)N(CC1CCC1)CC1CCC1. The zero-order chi connectivity index (χ0) is 29.6. The molecule has 1 amide bonds. The molecule has 1 saturated heterocycles. The van der Waals surface area contributed by atoms with E-state index in [0.29, 0.717) is 41.7 Å². The fourth-order valence-electron chi connectivity index (χ4n) is 5.12. The summed E-state index contributed by atoms with van der Waals surface area (Å²) in [4.78, 5) is 21.5. The number of halogens is 2. The van der Waals surface area contributed by atoms with Gasteiger partial charge in [-0.1, -0.05) is 36.2 Å². The lowest BCUT2D eigenvalue weighted by atomic mass is 9.82. The van der Waals surface area contributed by atoms with Crippen molar-refractivity contribution in [1.29, 1.82) is 0 Å². The van der Waals surface area contributed by atoms with E-state index in [1.807, 2.05) is 13.0 Å². The molecule has 10 nitrogen and oxygen atoms in total. The first-order chi connectivity index (χ1) is 20.3. The maximum absolute atomic E-state index is 14.1. The van der Waals surface area contributed by atoms with Crippen LogP contribution in [0, 0.1) is 11.8 Å². The predicted molar refractivity (Wildman–Crippen MR) is 167 cm³/mol. The first-order valence-corrected chi connectivity index (χ1v) is 16.7. The number of nitrogens with one attached hydrogen (secondary N) is 1. The number of carbonyl (C=O) groups is 1. The van der Waals surface area contributed by atoms with E-state index in [-0.39, 0.29) is 18.1 Å². The van der Waals surface area contributed by atoms with Gasteiger partial charge in [0.15, 0.2) is 5.15 Å². The van der Waals surface area contributed by atoms with E-state index in [1.165, 1.54) is 55.0 Å². The van der Waals surface area contributed by atoms with Crippen LogP contribution in [0.5, 0.6) is 0 Å². The highest BCUT2D eigenvalue weighted by Crippen LogP contribution is 2.36. The molecule has 2 saturated carbocycles. The molecule has 3 fully saturated rings. The van der Waals surface area contributed by atoms with Crippen molar-refractivity contribution < 1.29 is 19.0 Å². The minimum Gasteiger partial charge on any atom is -0.385 e. The number of nitrogens with zero attached hydrogens (tertiary/aromatic N) is 4. The van der Waals surface area contributed by atoms with Gasteiger partial charge in [0.25, 0.3) is 5.91 Å². The number of thioether (sulfide) groups is 1. The van der Waals surface area contributed by atoms with Gasteiger partial charge in [-0.25, -0.2) is 9.67 Å². The Hall–Kier alpha value is -1.83. The number of hydrogen-bond donors (Lipinski definition) is 2. The number of carbonyl (C=O) groups excluding carboxylic acids is 1. The van der Waals surface area contributed by atoms with Gasteiger partial charge in [0, 0.05) is 54.7 Å². The Labute approximate surface area is 265 Å². The quantitative estimate of drug-likeness (QED) is 0.198. The first kappa shape index (κ1) is 31.6. The largest absolute Gasteiger partial charge is 0.385 e. The van der Waals surface area contributed by atoms with Gasteiger partial charge < -0.3 is 30.2 Å². The summed E-state index contributed by atoms with van der Waals surface area (Å²) in [6.07, 6.45) is 11.8. The average Bonchev–Trinajstić information content (AvgIpc) is 3.36. The van der Waals surface area contributed by atoms with Gasteiger partial charge in [-0.2, -0.15) is 5.10 Å². The van der Waals surface area contributed by atoms with Gasteiger partial charge in [-0.15, -0.1) is 0 Å². The van der Waals surface area contributed by atoms with Crippen molar-refractivity contribution in [2.45, 2.75) is 74.1 Å². The molecule has 2 aliphatic carbocycles. The third-order valence-corrected chi connectivity index (χ3v) is 10.2. The molecule has 13 heteroatoms. The average molecular weight is 684 g/mol. The molecule has 2 aromatic rings. The van der Waals surface area contributed by atoms with Crippen LogP contribution in [0.1, 0.15) is 55.9 Å². The Bertz CT molecular complexity index is 1230. The monoisotopic (exact) mass is 682 g/mol. The minimum atomic E-state index is -0.456. The Kier molecular flexibility index (Phi) is 11.1. The number of amides is 1. The molecule has 5 rings (SSSR count). The van der Waals surface area contributed by atoms with Gasteiger partial charge in [0.1, 0.15) is 29.2 Å². The summed E-state index contributed by atoms with van der Waals surface area (Å²) < 4.78 is 20.3. The summed E-state index contributed by atoms with van der Waals surface area (Å²) in [5.41, 5.74) is 6.15. The molecule has 3 N–H and O–H groups in total. The fourth-order valence-corrected chi connectivity index (χ4v) is 7.00. The van der Waals surface area contributed by atoms with Crippen molar-refractivity contribution in [1.82, 2.24) is 25.0 Å². The number of pyridine rings is 1. The van der Waals surface area contributed by atoms with E-state index in [0.717, 1.165) is 22.5 Å². The van der Waals surface area contributed by atoms with Crippen LogP contribution >= 0.6 is 39.3 Å². The van der Waals surface area contributed by atoms with Crippen molar-refractivity contribution in [3.63, 3.8) is 0 Å². The molecule has 0 radical (unpaired) electrons. The lowest BCUT2D eigenvalue weighted by molar-refractivity contribution is -0.197. The molecular weight excluding hydrogens is 644 g/mol. The summed E-state index contributed by atoms with van der Waals surface area (Å²) in [5.74, 6) is 1.53. The molecular formula is C29H40BrClN6O4S. The van der Waals surface area contributed by atoms with Gasteiger partial charge in [0.05, 0.1) is 12.7 Å². The summed E-state index contributed by atoms with van der Waals surface area (Å²) in [6, 6.07) is 3.61. The number of rotatable bonds is 15. The highest BCUT2D eigenvalue weighted by Gasteiger charge is 2.36. The summed E-state index contributed by atoms with van der Waals surface area (Å²) in [6.45, 7) is 4.49. The lowest BCUT2D eigenvalue weighted by Crippen LogP contribution is -2.49. The Balaban J connectivity index is 1.34. The number of aromatic nitrogens is 3. The smallest absolute Gasteiger partial charge is 0.273 e. The first-order valence-electron chi connectivity index (χ1n) is 14.6. The summed E-state index contributed by atoms with van der Waals surface area (Å²) in [7, 11) is 1.65. The van der Waals surface area contributed by atoms with Crippen molar-refractivity contribution in [2.75, 3.05) is 33.4 Å². The van der Waals surface area contributed by atoms with Gasteiger partial charge in [-0.3, -0.25) is 4.79 Å². The number of methoxy groups -OCH3 is 1. The van der Waals surface area contributed by atoms with Crippen molar-refractivity contribution >= 4 is 51.0 Å². The zero-order valence-corrected chi connectivity index (χ0v) is 27.2. The molecule has 2 aromatic heterocycles. The molecule has 1 aliphatic heterocycles. The maximum Gasteiger partial charge on any atom is 0.273 e. The second-order valence-electron chi connectivity index (χ2n) is 11.3. The molecule has 4 atom stereocenters.